The molecule has 0 aromatic heterocycles. The summed E-state index contributed by atoms with van der Waals surface area (Å²) in [5.41, 5.74) is 0.150. The summed E-state index contributed by atoms with van der Waals surface area (Å²) in [4.78, 5) is 0. The van der Waals surface area contributed by atoms with Crippen LogP contribution >= 0.6 is 0 Å². The van der Waals surface area contributed by atoms with E-state index in [1.54, 1.807) is 4.31 Å². The van der Waals surface area contributed by atoms with Crippen LogP contribution in [0.3, 0.4) is 0 Å². The monoisotopic (exact) mass is 303 g/mol. The van der Waals surface area contributed by atoms with E-state index >= 15 is 0 Å². The third-order valence-electron chi connectivity index (χ3n) is 4.59. The minimum atomic E-state index is -3.33. The van der Waals surface area contributed by atoms with Crippen molar-refractivity contribution in [2.75, 3.05) is 26.2 Å². The van der Waals surface area contributed by atoms with E-state index in [-0.39, 0.29) is 11.5 Å². The standard InChI is InChI=1S/C14H29N3O2S/c1-14(2,3)12-6-4-5-7-13(12)16-20(18,19)17-10-8-15-9-11-17/h12-13,15-16H,4-11H2,1-3H3. The first-order valence-corrected chi connectivity index (χ1v) is 9.23. The Balaban J connectivity index is 2.05. The fourth-order valence-corrected chi connectivity index (χ4v) is 4.94. The van der Waals surface area contributed by atoms with Gasteiger partial charge in [-0.25, -0.2) is 0 Å². The average Bonchev–Trinajstić information content (AvgIpc) is 2.39. The van der Waals surface area contributed by atoms with E-state index in [1.165, 1.54) is 6.42 Å². The summed E-state index contributed by atoms with van der Waals surface area (Å²) in [6.45, 7) is 9.28. The maximum absolute atomic E-state index is 12.5. The molecule has 2 rings (SSSR count). The molecule has 6 heteroatoms. The summed E-state index contributed by atoms with van der Waals surface area (Å²) in [6, 6.07) is 0.0867. The number of nitrogens with zero attached hydrogens (tertiary/aromatic N) is 1. The highest BCUT2D eigenvalue weighted by Crippen LogP contribution is 2.38. The molecule has 1 saturated carbocycles. The predicted octanol–water partition coefficient (Wildman–Crippen LogP) is 1.33. The summed E-state index contributed by atoms with van der Waals surface area (Å²) < 4.78 is 29.6. The van der Waals surface area contributed by atoms with E-state index in [9.17, 15) is 8.42 Å². The van der Waals surface area contributed by atoms with Crippen LogP contribution in [0, 0.1) is 11.3 Å². The molecule has 0 amide bonds. The van der Waals surface area contributed by atoms with Crippen molar-refractivity contribution < 1.29 is 8.42 Å². The Hall–Kier alpha value is -0.170. The molecule has 0 aromatic rings. The van der Waals surface area contributed by atoms with Crippen molar-refractivity contribution in [1.29, 1.82) is 0 Å². The first-order chi connectivity index (χ1) is 9.31. The van der Waals surface area contributed by atoms with Gasteiger partial charge in [0, 0.05) is 32.2 Å². The molecule has 2 N–H and O–H groups in total. The number of piperazine rings is 1. The second kappa shape index (κ2) is 6.30. The smallest absolute Gasteiger partial charge is 0.279 e. The minimum Gasteiger partial charge on any atom is -0.314 e. The number of rotatable bonds is 3. The number of hydrogen-bond acceptors (Lipinski definition) is 3. The highest BCUT2D eigenvalue weighted by atomic mass is 32.2. The zero-order valence-corrected chi connectivity index (χ0v) is 13.8. The van der Waals surface area contributed by atoms with Crippen LogP contribution in [0.1, 0.15) is 46.5 Å². The molecular weight excluding hydrogens is 274 g/mol. The first kappa shape index (κ1) is 16.2. The van der Waals surface area contributed by atoms with Crippen LogP contribution in [0.5, 0.6) is 0 Å². The van der Waals surface area contributed by atoms with E-state index in [0.717, 1.165) is 32.4 Å². The van der Waals surface area contributed by atoms with Crippen molar-refractivity contribution in [2.24, 2.45) is 11.3 Å². The van der Waals surface area contributed by atoms with Crippen molar-refractivity contribution in [3.8, 4) is 0 Å². The van der Waals surface area contributed by atoms with Crippen LogP contribution in [-0.2, 0) is 10.2 Å². The molecule has 20 heavy (non-hydrogen) atoms. The Morgan fingerprint density at radius 2 is 1.70 bits per heavy atom. The van der Waals surface area contributed by atoms with Gasteiger partial charge in [0.15, 0.2) is 0 Å². The van der Waals surface area contributed by atoms with Gasteiger partial charge in [0.05, 0.1) is 0 Å². The molecule has 0 aromatic carbocycles. The molecule has 5 nitrogen and oxygen atoms in total. The zero-order valence-electron chi connectivity index (χ0n) is 13.0. The van der Waals surface area contributed by atoms with Crippen molar-refractivity contribution in [2.45, 2.75) is 52.5 Å². The fourth-order valence-electron chi connectivity index (χ4n) is 3.46. The van der Waals surface area contributed by atoms with Crippen LogP contribution in [0.25, 0.3) is 0 Å². The van der Waals surface area contributed by atoms with Crippen molar-refractivity contribution >= 4 is 10.2 Å². The summed E-state index contributed by atoms with van der Waals surface area (Å²) >= 11 is 0. The van der Waals surface area contributed by atoms with Gasteiger partial charge in [-0.2, -0.15) is 17.4 Å². The second-order valence-electron chi connectivity index (χ2n) is 7.14. The van der Waals surface area contributed by atoms with E-state index in [0.29, 0.717) is 19.0 Å². The van der Waals surface area contributed by atoms with Crippen molar-refractivity contribution in [3.05, 3.63) is 0 Å². The van der Waals surface area contributed by atoms with Crippen molar-refractivity contribution in [1.82, 2.24) is 14.3 Å². The molecule has 2 fully saturated rings. The highest BCUT2D eigenvalue weighted by Gasteiger charge is 2.37. The fraction of sp³-hybridized carbons (Fsp3) is 1.00. The molecule has 0 spiro atoms. The SMILES string of the molecule is CC(C)(C)C1CCCCC1NS(=O)(=O)N1CCNCC1. The summed E-state index contributed by atoms with van der Waals surface area (Å²) in [7, 11) is -3.33. The summed E-state index contributed by atoms with van der Waals surface area (Å²) in [6.07, 6.45) is 4.43. The topological polar surface area (TPSA) is 61.4 Å². The number of nitrogens with one attached hydrogen (secondary N) is 2. The van der Waals surface area contributed by atoms with E-state index < -0.39 is 10.2 Å². The van der Waals surface area contributed by atoms with E-state index in [2.05, 4.69) is 30.8 Å². The molecule has 1 heterocycles. The Labute approximate surface area is 123 Å². The Bertz CT molecular complexity index is 411. The normalized spacial score (nSPS) is 30.4. The molecule has 2 unspecified atom stereocenters. The summed E-state index contributed by atoms with van der Waals surface area (Å²) in [5, 5.41) is 3.19. The molecule has 1 aliphatic heterocycles. The van der Waals surface area contributed by atoms with Gasteiger partial charge in [-0.1, -0.05) is 33.6 Å². The maximum Gasteiger partial charge on any atom is 0.279 e. The van der Waals surface area contributed by atoms with Gasteiger partial charge in [0.25, 0.3) is 10.2 Å². The van der Waals surface area contributed by atoms with Gasteiger partial charge in [-0.3, -0.25) is 0 Å². The molecule has 2 atom stereocenters. The Kier molecular flexibility index (Phi) is 5.10. The van der Waals surface area contributed by atoms with Crippen LogP contribution in [0.2, 0.25) is 0 Å². The highest BCUT2D eigenvalue weighted by molar-refractivity contribution is 7.87. The molecular formula is C14H29N3O2S. The largest absolute Gasteiger partial charge is 0.314 e. The van der Waals surface area contributed by atoms with Gasteiger partial charge in [-0.05, 0) is 24.2 Å². The van der Waals surface area contributed by atoms with Crippen LogP contribution in [-0.4, -0.2) is 44.9 Å². The molecule has 0 radical (unpaired) electrons. The quantitative estimate of drug-likeness (QED) is 0.827. The lowest BCUT2D eigenvalue weighted by molar-refractivity contribution is 0.142. The third-order valence-corrected chi connectivity index (χ3v) is 6.24. The molecule has 2 aliphatic rings. The van der Waals surface area contributed by atoms with Gasteiger partial charge >= 0.3 is 0 Å². The van der Waals surface area contributed by atoms with Crippen LogP contribution < -0.4 is 10.0 Å². The molecule has 118 valence electrons. The van der Waals surface area contributed by atoms with Gasteiger partial charge in [0.2, 0.25) is 0 Å². The van der Waals surface area contributed by atoms with E-state index in [4.69, 9.17) is 0 Å². The lowest BCUT2D eigenvalue weighted by Crippen LogP contribution is -2.55. The van der Waals surface area contributed by atoms with Gasteiger partial charge in [0.1, 0.15) is 0 Å². The second-order valence-corrected chi connectivity index (χ2v) is 8.84. The van der Waals surface area contributed by atoms with Crippen LogP contribution in [0.4, 0.5) is 0 Å². The zero-order chi connectivity index (χ0) is 14.8. The van der Waals surface area contributed by atoms with Gasteiger partial charge in [-0.15, -0.1) is 0 Å². The van der Waals surface area contributed by atoms with Gasteiger partial charge < -0.3 is 5.32 Å². The van der Waals surface area contributed by atoms with Crippen LogP contribution in [0.15, 0.2) is 0 Å². The van der Waals surface area contributed by atoms with Crippen molar-refractivity contribution in [3.63, 3.8) is 0 Å². The Morgan fingerprint density at radius 3 is 2.30 bits per heavy atom. The third kappa shape index (κ3) is 3.93. The Morgan fingerprint density at radius 1 is 1.10 bits per heavy atom. The molecule has 1 aliphatic carbocycles. The number of hydrogen-bond donors (Lipinski definition) is 2. The average molecular weight is 303 g/mol. The maximum atomic E-state index is 12.5. The first-order valence-electron chi connectivity index (χ1n) is 7.79. The van der Waals surface area contributed by atoms with E-state index in [1.807, 2.05) is 0 Å². The predicted molar refractivity (Wildman–Crippen MR) is 81.7 cm³/mol. The molecule has 0 bridgehead atoms. The lowest BCUT2D eigenvalue weighted by Gasteiger charge is -2.41. The summed E-state index contributed by atoms with van der Waals surface area (Å²) in [5.74, 6) is 0.425. The lowest BCUT2D eigenvalue weighted by atomic mass is 9.70. The minimum absolute atomic E-state index is 0.0867. The molecule has 1 saturated heterocycles.